The van der Waals surface area contributed by atoms with Crippen LogP contribution in [-0.2, 0) is 0 Å². The molecule has 0 saturated carbocycles. The van der Waals surface area contributed by atoms with Gasteiger partial charge in [-0.15, -0.1) is 0 Å². The number of alkyl halides is 3. The molecule has 1 unspecified atom stereocenters. The summed E-state index contributed by atoms with van der Waals surface area (Å²) < 4.78 is 34.7. The molecule has 0 bridgehead atoms. The van der Waals surface area contributed by atoms with Crippen LogP contribution in [0.5, 0.6) is 0 Å². The first kappa shape index (κ1) is 9.79. The third-order valence-corrected chi connectivity index (χ3v) is 1.62. The average molecular weight is 154 g/mol. The van der Waals surface area contributed by atoms with Crippen LogP contribution in [0.4, 0.5) is 13.2 Å². The fourth-order valence-electron chi connectivity index (χ4n) is 0.614. The highest BCUT2D eigenvalue weighted by atomic mass is 19.4. The first-order valence-corrected chi connectivity index (χ1v) is 3.52. The van der Waals surface area contributed by atoms with Gasteiger partial charge in [-0.25, -0.2) is 0 Å². The standard InChI is InChI=1S/C7H13F3/c1-3-6(2)4-5-7(8,9)10/h6H,3-5H2,1-2H3. The van der Waals surface area contributed by atoms with E-state index < -0.39 is 12.6 Å². The Bertz CT molecular complexity index is 85.3. The lowest BCUT2D eigenvalue weighted by molar-refractivity contribution is -0.137. The predicted octanol–water partition coefficient (Wildman–Crippen LogP) is 3.38. The van der Waals surface area contributed by atoms with Crippen molar-refractivity contribution in [1.82, 2.24) is 0 Å². The lowest BCUT2D eigenvalue weighted by Gasteiger charge is -2.09. The van der Waals surface area contributed by atoms with Gasteiger partial charge in [-0.3, -0.25) is 0 Å². The molecule has 3 heteroatoms. The van der Waals surface area contributed by atoms with E-state index in [2.05, 4.69) is 0 Å². The molecule has 0 fully saturated rings. The van der Waals surface area contributed by atoms with E-state index in [9.17, 15) is 13.2 Å². The van der Waals surface area contributed by atoms with Crippen molar-refractivity contribution in [2.75, 3.05) is 0 Å². The summed E-state index contributed by atoms with van der Waals surface area (Å²) in [5, 5.41) is 0. The molecule has 0 radical (unpaired) electrons. The van der Waals surface area contributed by atoms with Crippen molar-refractivity contribution in [1.29, 1.82) is 0 Å². The fraction of sp³-hybridized carbons (Fsp3) is 1.00. The minimum Gasteiger partial charge on any atom is -0.171 e. The summed E-state index contributed by atoms with van der Waals surface area (Å²) in [5.41, 5.74) is 0. The number of halogens is 3. The maximum atomic E-state index is 11.6. The molecular weight excluding hydrogens is 141 g/mol. The molecule has 0 amide bonds. The van der Waals surface area contributed by atoms with E-state index in [1.54, 1.807) is 0 Å². The molecule has 0 aromatic rings. The lowest BCUT2D eigenvalue weighted by Crippen LogP contribution is -2.08. The van der Waals surface area contributed by atoms with Crippen LogP contribution in [0.15, 0.2) is 0 Å². The molecular formula is C7H13F3. The molecule has 0 aromatic heterocycles. The predicted molar refractivity (Wildman–Crippen MR) is 34.7 cm³/mol. The summed E-state index contributed by atoms with van der Waals surface area (Å²) in [5.74, 6) is 0.196. The van der Waals surface area contributed by atoms with Crippen LogP contribution in [0.2, 0.25) is 0 Å². The van der Waals surface area contributed by atoms with Gasteiger partial charge in [0.2, 0.25) is 0 Å². The normalized spacial score (nSPS) is 15.3. The fourth-order valence-corrected chi connectivity index (χ4v) is 0.614. The second-order valence-electron chi connectivity index (χ2n) is 2.67. The molecule has 0 rings (SSSR count). The van der Waals surface area contributed by atoms with E-state index in [1.807, 2.05) is 13.8 Å². The first-order valence-electron chi connectivity index (χ1n) is 3.52. The Hall–Kier alpha value is -0.210. The van der Waals surface area contributed by atoms with E-state index >= 15 is 0 Å². The number of hydrogen-bond donors (Lipinski definition) is 0. The molecule has 0 aliphatic rings. The summed E-state index contributed by atoms with van der Waals surface area (Å²) >= 11 is 0. The van der Waals surface area contributed by atoms with Gasteiger partial charge in [0, 0.05) is 6.42 Å². The van der Waals surface area contributed by atoms with Gasteiger partial charge in [-0.05, 0) is 12.3 Å². The monoisotopic (exact) mass is 154 g/mol. The molecule has 0 aliphatic carbocycles. The van der Waals surface area contributed by atoms with Crippen LogP contribution < -0.4 is 0 Å². The Kier molecular flexibility index (Phi) is 3.76. The zero-order valence-electron chi connectivity index (χ0n) is 6.33. The van der Waals surface area contributed by atoms with Crippen molar-refractivity contribution in [3.63, 3.8) is 0 Å². The second kappa shape index (κ2) is 3.84. The summed E-state index contributed by atoms with van der Waals surface area (Å²) in [6.45, 7) is 3.74. The highest BCUT2D eigenvalue weighted by Crippen LogP contribution is 2.24. The van der Waals surface area contributed by atoms with Gasteiger partial charge < -0.3 is 0 Å². The van der Waals surface area contributed by atoms with Gasteiger partial charge >= 0.3 is 6.18 Å². The van der Waals surface area contributed by atoms with E-state index in [0.717, 1.165) is 6.42 Å². The van der Waals surface area contributed by atoms with Crippen molar-refractivity contribution in [3.8, 4) is 0 Å². The third kappa shape index (κ3) is 5.92. The van der Waals surface area contributed by atoms with E-state index in [-0.39, 0.29) is 12.3 Å². The maximum Gasteiger partial charge on any atom is 0.389 e. The quantitative estimate of drug-likeness (QED) is 0.584. The van der Waals surface area contributed by atoms with E-state index in [4.69, 9.17) is 0 Å². The molecule has 0 heterocycles. The maximum absolute atomic E-state index is 11.6. The topological polar surface area (TPSA) is 0 Å². The summed E-state index contributed by atoms with van der Waals surface area (Å²) in [7, 11) is 0. The van der Waals surface area contributed by atoms with E-state index in [0.29, 0.717) is 0 Å². The summed E-state index contributed by atoms with van der Waals surface area (Å²) in [6.07, 6.45) is -3.51. The lowest BCUT2D eigenvalue weighted by atomic mass is 10.0. The smallest absolute Gasteiger partial charge is 0.171 e. The van der Waals surface area contributed by atoms with Crippen LogP contribution >= 0.6 is 0 Å². The zero-order valence-corrected chi connectivity index (χ0v) is 6.33. The Labute approximate surface area is 59.4 Å². The Morgan fingerprint density at radius 3 is 2.10 bits per heavy atom. The highest BCUT2D eigenvalue weighted by Gasteiger charge is 2.26. The van der Waals surface area contributed by atoms with Crippen LogP contribution in [0.25, 0.3) is 0 Å². The number of rotatable bonds is 3. The molecule has 62 valence electrons. The molecule has 1 atom stereocenters. The Morgan fingerprint density at radius 1 is 1.30 bits per heavy atom. The van der Waals surface area contributed by atoms with Crippen LogP contribution in [0.1, 0.15) is 33.1 Å². The van der Waals surface area contributed by atoms with Crippen molar-refractivity contribution < 1.29 is 13.2 Å². The van der Waals surface area contributed by atoms with Crippen molar-refractivity contribution in [3.05, 3.63) is 0 Å². The third-order valence-electron chi connectivity index (χ3n) is 1.62. The minimum atomic E-state index is -3.97. The SMILES string of the molecule is CCC(C)CCC(F)(F)F. The molecule has 0 nitrogen and oxygen atoms in total. The van der Waals surface area contributed by atoms with Gasteiger partial charge in [-0.1, -0.05) is 20.3 Å². The molecule has 0 N–H and O–H groups in total. The molecule has 0 saturated heterocycles. The highest BCUT2D eigenvalue weighted by molar-refractivity contribution is 4.55. The van der Waals surface area contributed by atoms with Gasteiger partial charge in [0.1, 0.15) is 0 Å². The minimum absolute atomic E-state index is 0.196. The van der Waals surface area contributed by atoms with Gasteiger partial charge in [0.15, 0.2) is 0 Å². The Balaban J connectivity index is 3.36. The van der Waals surface area contributed by atoms with Crippen molar-refractivity contribution in [2.45, 2.75) is 39.3 Å². The average Bonchev–Trinajstić information content (AvgIpc) is 1.81. The number of hydrogen-bond acceptors (Lipinski definition) is 0. The van der Waals surface area contributed by atoms with Gasteiger partial charge in [0.25, 0.3) is 0 Å². The van der Waals surface area contributed by atoms with Crippen LogP contribution in [0, 0.1) is 5.92 Å². The molecule has 10 heavy (non-hydrogen) atoms. The zero-order chi connectivity index (χ0) is 8.20. The second-order valence-corrected chi connectivity index (χ2v) is 2.67. The van der Waals surface area contributed by atoms with Crippen molar-refractivity contribution >= 4 is 0 Å². The van der Waals surface area contributed by atoms with Gasteiger partial charge in [-0.2, -0.15) is 13.2 Å². The summed E-state index contributed by atoms with van der Waals surface area (Å²) in [6, 6.07) is 0. The van der Waals surface area contributed by atoms with Gasteiger partial charge in [0.05, 0.1) is 0 Å². The van der Waals surface area contributed by atoms with E-state index in [1.165, 1.54) is 0 Å². The first-order chi connectivity index (χ1) is 4.45. The van der Waals surface area contributed by atoms with Crippen molar-refractivity contribution in [2.24, 2.45) is 5.92 Å². The van der Waals surface area contributed by atoms with Crippen LogP contribution in [-0.4, -0.2) is 6.18 Å². The molecule has 0 spiro atoms. The summed E-state index contributed by atoms with van der Waals surface area (Å²) in [4.78, 5) is 0. The molecule has 0 aliphatic heterocycles. The Morgan fingerprint density at radius 2 is 1.80 bits per heavy atom. The van der Waals surface area contributed by atoms with Crippen LogP contribution in [0.3, 0.4) is 0 Å². The largest absolute Gasteiger partial charge is 0.389 e. The molecule has 0 aromatic carbocycles.